The highest BCUT2D eigenvalue weighted by molar-refractivity contribution is 7.11. The van der Waals surface area contributed by atoms with Gasteiger partial charge in [-0.1, -0.05) is 0 Å². The van der Waals surface area contributed by atoms with E-state index in [2.05, 4.69) is 10.3 Å². The minimum atomic E-state index is -0.105. The Morgan fingerprint density at radius 1 is 1.77 bits per heavy atom. The lowest BCUT2D eigenvalue weighted by molar-refractivity contribution is 0.0948. The van der Waals surface area contributed by atoms with Gasteiger partial charge in [0.2, 0.25) is 0 Å². The highest BCUT2D eigenvalue weighted by Gasteiger charge is 2.05. The van der Waals surface area contributed by atoms with Crippen LogP contribution in [0.5, 0.6) is 0 Å². The number of carbonyl (C=O) groups is 1. The van der Waals surface area contributed by atoms with Crippen LogP contribution in [0.25, 0.3) is 0 Å². The van der Waals surface area contributed by atoms with Gasteiger partial charge in [-0.2, -0.15) is 0 Å². The Bertz CT molecular complexity index is 249. The van der Waals surface area contributed by atoms with E-state index in [9.17, 15) is 4.79 Å². The Hall–Kier alpha value is -0.940. The summed E-state index contributed by atoms with van der Waals surface area (Å²) in [6.07, 6.45) is 2.45. The first-order chi connectivity index (χ1) is 6.34. The average molecular weight is 200 g/mol. The van der Waals surface area contributed by atoms with Crippen LogP contribution in [0.1, 0.15) is 16.2 Å². The van der Waals surface area contributed by atoms with Gasteiger partial charge in [0, 0.05) is 31.8 Å². The highest BCUT2D eigenvalue weighted by Crippen LogP contribution is 2.02. The maximum atomic E-state index is 11.3. The molecule has 0 unspecified atom stereocenters. The summed E-state index contributed by atoms with van der Waals surface area (Å²) < 4.78 is 4.85. The molecule has 0 radical (unpaired) electrons. The number of ether oxygens (including phenoxy) is 1. The van der Waals surface area contributed by atoms with Crippen molar-refractivity contribution in [2.24, 2.45) is 0 Å². The molecule has 13 heavy (non-hydrogen) atoms. The fourth-order valence-corrected chi connectivity index (χ4v) is 1.38. The van der Waals surface area contributed by atoms with Gasteiger partial charge in [-0.25, -0.2) is 4.98 Å². The predicted molar refractivity (Wildman–Crippen MR) is 50.9 cm³/mol. The van der Waals surface area contributed by atoms with E-state index in [-0.39, 0.29) is 5.91 Å². The van der Waals surface area contributed by atoms with Crippen LogP contribution in [0.15, 0.2) is 11.6 Å². The number of amides is 1. The fourth-order valence-electron chi connectivity index (χ4n) is 0.830. The maximum Gasteiger partial charge on any atom is 0.280 e. The molecule has 0 aliphatic heterocycles. The number of nitrogens with zero attached hydrogens (tertiary/aromatic N) is 1. The molecule has 0 saturated carbocycles. The van der Waals surface area contributed by atoms with Gasteiger partial charge in [-0.3, -0.25) is 4.79 Å². The zero-order valence-electron chi connectivity index (χ0n) is 7.45. The van der Waals surface area contributed by atoms with Crippen LogP contribution in [0.3, 0.4) is 0 Å². The largest absolute Gasteiger partial charge is 0.385 e. The molecule has 0 saturated heterocycles. The summed E-state index contributed by atoms with van der Waals surface area (Å²) in [5, 5.41) is 5.04. The van der Waals surface area contributed by atoms with Crippen molar-refractivity contribution in [3.8, 4) is 0 Å². The van der Waals surface area contributed by atoms with Crippen molar-refractivity contribution in [3.05, 3.63) is 16.6 Å². The van der Waals surface area contributed by atoms with Crippen LogP contribution in [0.2, 0.25) is 0 Å². The second kappa shape index (κ2) is 5.66. The van der Waals surface area contributed by atoms with E-state index in [1.165, 1.54) is 11.3 Å². The second-order valence-corrected chi connectivity index (χ2v) is 3.33. The van der Waals surface area contributed by atoms with Gasteiger partial charge in [-0.05, 0) is 6.42 Å². The summed E-state index contributed by atoms with van der Waals surface area (Å²) in [6.45, 7) is 1.30. The van der Waals surface area contributed by atoms with Crippen molar-refractivity contribution in [2.75, 3.05) is 20.3 Å². The summed E-state index contributed by atoms with van der Waals surface area (Å²) in [5.74, 6) is -0.105. The number of carbonyl (C=O) groups excluding carboxylic acids is 1. The van der Waals surface area contributed by atoms with E-state index in [1.54, 1.807) is 18.7 Å². The first-order valence-corrected chi connectivity index (χ1v) is 4.89. The van der Waals surface area contributed by atoms with Gasteiger partial charge in [0.1, 0.15) is 0 Å². The van der Waals surface area contributed by atoms with Crippen molar-refractivity contribution in [1.82, 2.24) is 10.3 Å². The third-order valence-corrected chi connectivity index (χ3v) is 2.21. The number of aromatic nitrogens is 1. The second-order valence-electron chi connectivity index (χ2n) is 2.44. The molecule has 72 valence electrons. The molecule has 0 aliphatic carbocycles. The Balaban J connectivity index is 2.19. The number of nitrogens with one attached hydrogen (secondary N) is 1. The van der Waals surface area contributed by atoms with E-state index in [0.717, 1.165) is 6.42 Å². The van der Waals surface area contributed by atoms with Gasteiger partial charge in [0.25, 0.3) is 5.91 Å². The van der Waals surface area contributed by atoms with Crippen LogP contribution in [0.4, 0.5) is 0 Å². The van der Waals surface area contributed by atoms with E-state index in [1.807, 2.05) is 0 Å². The van der Waals surface area contributed by atoms with Gasteiger partial charge in [0.15, 0.2) is 5.01 Å². The molecule has 1 aromatic heterocycles. The number of rotatable bonds is 5. The zero-order chi connectivity index (χ0) is 9.52. The van der Waals surface area contributed by atoms with Crippen molar-refractivity contribution in [1.29, 1.82) is 0 Å². The molecule has 1 heterocycles. The summed E-state index contributed by atoms with van der Waals surface area (Å²) >= 11 is 1.34. The molecule has 0 fully saturated rings. The Labute approximate surface area is 80.9 Å². The molecule has 5 heteroatoms. The third kappa shape index (κ3) is 3.52. The molecule has 0 bridgehead atoms. The molecule has 0 atom stereocenters. The fraction of sp³-hybridized carbons (Fsp3) is 0.500. The van der Waals surface area contributed by atoms with Crippen LogP contribution in [-0.2, 0) is 4.74 Å². The number of hydrogen-bond donors (Lipinski definition) is 1. The molecule has 1 rings (SSSR count). The van der Waals surface area contributed by atoms with Crippen LogP contribution < -0.4 is 5.32 Å². The lowest BCUT2D eigenvalue weighted by Crippen LogP contribution is -2.24. The van der Waals surface area contributed by atoms with Crippen molar-refractivity contribution in [3.63, 3.8) is 0 Å². The molecule has 0 aliphatic rings. The van der Waals surface area contributed by atoms with Crippen LogP contribution in [-0.4, -0.2) is 31.2 Å². The number of thiazole rings is 1. The Kier molecular flexibility index (Phi) is 4.42. The monoisotopic (exact) mass is 200 g/mol. The topological polar surface area (TPSA) is 51.2 Å². The quantitative estimate of drug-likeness (QED) is 0.719. The number of hydrogen-bond acceptors (Lipinski definition) is 4. The van der Waals surface area contributed by atoms with Gasteiger partial charge < -0.3 is 10.1 Å². The van der Waals surface area contributed by atoms with Crippen molar-refractivity contribution >= 4 is 17.2 Å². The average Bonchev–Trinajstić information content (AvgIpc) is 2.65. The predicted octanol–water partition coefficient (Wildman–Crippen LogP) is 0.909. The smallest absolute Gasteiger partial charge is 0.280 e. The third-order valence-electron chi connectivity index (χ3n) is 1.44. The molecule has 0 spiro atoms. The zero-order valence-corrected chi connectivity index (χ0v) is 8.26. The normalized spacial score (nSPS) is 9.92. The van der Waals surface area contributed by atoms with Crippen molar-refractivity contribution < 1.29 is 9.53 Å². The lowest BCUT2D eigenvalue weighted by Gasteiger charge is -2.01. The van der Waals surface area contributed by atoms with Gasteiger partial charge in [-0.15, -0.1) is 11.3 Å². The standard InChI is InChI=1S/C8H12N2O2S/c1-12-5-2-3-9-7(11)8-10-4-6-13-8/h4,6H,2-3,5H2,1H3,(H,9,11). The summed E-state index contributed by atoms with van der Waals surface area (Å²) in [4.78, 5) is 15.2. The highest BCUT2D eigenvalue weighted by atomic mass is 32.1. The molecule has 1 aromatic rings. The summed E-state index contributed by atoms with van der Waals surface area (Å²) in [5.41, 5.74) is 0. The van der Waals surface area contributed by atoms with E-state index >= 15 is 0 Å². The summed E-state index contributed by atoms with van der Waals surface area (Å²) in [7, 11) is 1.64. The SMILES string of the molecule is COCCCNC(=O)c1nccs1. The van der Waals surface area contributed by atoms with Gasteiger partial charge >= 0.3 is 0 Å². The molecule has 1 N–H and O–H groups in total. The molecular formula is C8H12N2O2S. The Morgan fingerprint density at radius 2 is 2.62 bits per heavy atom. The minimum Gasteiger partial charge on any atom is -0.385 e. The summed E-state index contributed by atoms with van der Waals surface area (Å²) in [6, 6.07) is 0. The van der Waals surface area contributed by atoms with E-state index in [4.69, 9.17) is 4.74 Å². The van der Waals surface area contributed by atoms with Gasteiger partial charge in [0.05, 0.1) is 0 Å². The Morgan fingerprint density at radius 3 is 3.23 bits per heavy atom. The molecular weight excluding hydrogens is 188 g/mol. The van der Waals surface area contributed by atoms with Crippen molar-refractivity contribution in [2.45, 2.75) is 6.42 Å². The number of methoxy groups -OCH3 is 1. The minimum absolute atomic E-state index is 0.105. The molecule has 1 amide bonds. The lowest BCUT2D eigenvalue weighted by atomic mass is 10.4. The van der Waals surface area contributed by atoms with Crippen LogP contribution in [0, 0.1) is 0 Å². The first-order valence-electron chi connectivity index (χ1n) is 4.01. The maximum absolute atomic E-state index is 11.3. The van der Waals surface area contributed by atoms with E-state index < -0.39 is 0 Å². The van der Waals surface area contributed by atoms with Crippen LogP contribution >= 0.6 is 11.3 Å². The molecule has 0 aromatic carbocycles. The molecule has 4 nitrogen and oxygen atoms in total. The van der Waals surface area contributed by atoms with E-state index in [0.29, 0.717) is 18.2 Å². The first kappa shape index (κ1) is 10.1.